The number of rotatable bonds is 4. The van der Waals surface area contributed by atoms with Crippen LogP contribution in [0.2, 0.25) is 5.02 Å². The summed E-state index contributed by atoms with van der Waals surface area (Å²) >= 11 is 6.03. The van der Waals surface area contributed by atoms with E-state index in [2.05, 4.69) is 5.32 Å². The topological polar surface area (TPSA) is 66.5 Å². The Morgan fingerprint density at radius 3 is 2.58 bits per heavy atom. The number of piperidine rings is 1. The van der Waals surface area contributed by atoms with Crippen LogP contribution in [0.4, 0.5) is 17.6 Å². The van der Waals surface area contributed by atoms with Gasteiger partial charge in [0.1, 0.15) is 5.82 Å². The first-order valence-electron chi connectivity index (χ1n) is 9.34. The maximum absolute atomic E-state index is 14.1. The van der Waals surface area contributed by atoms with Gasteiger partial charge in [0.2, 0.25) is 10.0 Å². The Morgan fingerprint density at radius 1 is 1.23 bits per heavy atom. The molecule has 2 aromatic carbocycles. The van der Waals surface area contributed by atoms with Gasteiger partial charge in [-0.1, -0.05) is 17.7 Å². The minimum Gasteiger partial charge on any atom is -0.348 e. The number of hydrogen-bond donors (Lipinski definition) is 1. The zero-order valence-electron chi connectivity index (χ0n) is 16.3. The summed E-state index contributed by atoms with van der Waals surface area (Å²) in [7, 11) is -3.88. The highest BCUT2D eigenvalue weighted by Crippen LogP contribution is 2.30. The Morgan fingerprint density at radius 2 is 1.94 bits per heavy atom. The van der Waals surface area contributed by atoms with Crippen LogP contribution in [0.25, 0.3) is 0 Å². The van der Waals surface area contributed by atoms with Gasteiger partial charge < -0.3 is 5.32 Å². The summed E-state index contributed by atoms with van der Waals surface area (Å²) in [6.45, 7) is 1.77. The van der Waals surface area contributed by atoms with Gasteiger partial charge in [-0.3, -0.25) is 4.79 Å². The van der Waals surface area contributed by atoms with Crippen LogP contribution in [0.5, 0.6) is 0 Å². The first-order chi connectivity index (χ1) is 14.4. The smallest absolute Gasteiger partial charge is 0.348 e. The first-order valence-corrected chi connectivity index (χ1v) is 11.2. The molecule has 0 spiro atoms. The Balaban J connectivity index is 1.75. The molecule has 11 heteroatoms. The second-order valence-electron chi connectivity index (χ2n) is 7.23. The second kappa shape index (κ2) is 8.76. The lowest BCUT2D eigenvalue weighted by molar-refractivity contribution is -0.137. The molecule has 3 rings (SSSR count). The highest BCUT2D eigenvalue weighted by molar-refractivity contribution is 7.89. The van der Waals surface area contributed by atoms with Crippen molar-refractivity contribution >= 4 is 27.5 Å². The molecule has 5 nitrogen and oxygen atoms in total. The van der Waals surface area contributed by atoms with Crippen LogP contribution in [0, 0.1) is 12.7 Å². The Kier molecular flexibility index (Phi) is 6.64. The van der Waals surface area contributed by atoms with Crippen molar-refractivity contribution in [1.82, 2.24) is 9.62 Å². The van der Waals surface area contributed by atoms with Gasteiger partial charge in [0.25, 0.3) is 5.91 Å². The summed E-state index contributed by atoms with van der Waals surface area (Å²) < 4.78 is 79.4. The molecule has 0 unspecified atom stereocenters. The van der Waals surface area contributed by atoms with E-state index >= 15 is 0 Å². The molecule has 0 bridgehead atoms. The molecule has 0 saturated carbocycles. The lowest BCUT2D eigenvalue weighted by Gasteiger charge is -2.32. The molecule has 1 aliphatic rings. The van der Waals surface area contributed by atoms with Crippen LogP contribution in [-0.2, 0) is 16.2 Å². The summed E-state index contributed by atoms with van der Waals surface area (Å²) in [5, 5.41) is 2.83. The Hall–Kier alpha value is -2.17. The van der Waals surface area contributed by atoms with Gasteiger partial charge in [-0.2, -0.15) is 17.5 Å². The molecular formula is C20H19ClF4N2O3S. The van der Waals surface area contributed by atoms with Crippen LogP contribution in [-0.4, -0.2) is 37.8 Å². The number of nitrogens with zero attached hydrogens (tertiary/aromatic N) is 1. The van der Waals surface area contributed by atoms with E-state index in [1.165, 1.54) is 16.4 Å². The van der Waals surface area contributed by atoms with Gasteiger partial charge in [-0.25, -0.2) is 12.8 Å². The number of nitrogens with one attached hydrogen (secondary N) is 1. The monoisotopic (exact) mass is 478 g/mol. The number of benzene rings is 2. The average molecular weight is 479 g/mol. The van der Waals surface area contributed by atoms with Gasteiger partial charge in [0.15, 0.2) is 0 Å². The highest BCUT2D eigenvalue weighted by Gasteiger charge is 2.34. The van der Waals surface area contributed by atoms with Crippen LogP contribution in [0.1, 0.15) is 34.3 Å². The van der Waals surface area contributed by atoms with Crippen molar-refractivity contribution in [1.29, 1.82) is 0 Å². The van der Waals surface area contributed by atoms with Gasteiger partial charge >= 0.3 is 6.18 Å². The standard InChI is InChI=1S/C20H19ClF4N2O3S/c1-12-16(21)5-2-6-18(12)31(29,30)27-9-3-4-14(11-27)26-19(28)15-8-7-13(10-17(15)22)20(23,24)25/h2,5-8,10,14H,3-4,9,11H2,1H3,(H,26,28)/t14-/m0/s1. The largest absolute Gasteiger partial charge is 0.416 e. The molecule has 1 heterocycles. The van der Waals surface area contributed by atoms with Crippen molar-refractivity contribution < 1.29 is 30.8 Å². The van der Waals surface area contributed by atoms with E-state index in [1.54, 1.807) is 13.0 Å². The number of amides is 1. The van der Waals surface area contributed by atoms with Crippen molar-refractivity contribution in [3.63, 3.8) is 0 Å². The number of hydrogen-bond acceptors (Lipinski definition) is 3. The van der Waals surface area contributed by atoms with E-state index in [-0.39, 0.29) is 24.1 Å². The third-order valence-electron chi connectivity index (χ3n) is 5.10. The summed E-state index contributed by atoms with van der Waals surface area (Å²) in [6, 6.07) is 5.56. The number of alkyl halides is 3. The molecule has 168 valence electrons. The van der Waals surface area contributed by atoms with Crippen molar-refractivity contribution in [2.24, 2.45) is 0 Å². The van der Waals surface area contributed by atoms with Gasteiger partial charge in [0.05, 0.1) is 16.0 Å². The Labute approximate surface area is 182 Å². The predicted octanol–water partition coefficient (Wildman–Crippen LogP) is 4.39. The lowest BCUT2D eigenvalue weighted by Crippen LogP contribution is -2.49. The zero-order chi connectivity index (χ0) is 23.0. The summed E-state index contributed by atoms with van der Waals surface area (Å²) in [6.07, 6.45) is -3.85. The molecule has 1 N–H and O–H groups in total. The van der Waals surface area contributed by atoms with E-state index in [9.17, 15) is 30.8 Å². The molecule has 1 amide bonds. The van der Waals surface area contributed by atoms with Crippen molar-refractivity contribution in [3.05, 3.63) is 63.9 Å². The van der Waals surface area contributed by atoms with Crippen LogP contribution >= 0.6 is 11.6 Å². The Bertz CT molecular complexity index is 1110. The highest BCUT2D eigenvalue weighted by atomic mass is 35.5. The average Bonchev–Trinajstić information content (AvgIpc) is 2.69. The number of halogens is 5. The van der Waals surface area contributed by atoms with E-state index in [1.807, 2.05) is 0 Å². The van der Waals surface area contributed by atoms with E-state index in [4.69, 9.17) is 11.6 Å². The molecule has 31 heavy (non-hydrogen) atoms. The van der Waals surface area contributed by atoms with Gasteiger partial charge in [0, 0.05) is 24.2 Å². The van der Waals surface area contributed by atoms with Crippen LogP contribution in [0.3, 0.4) is 0 Å². The third kappa shape index (κ3) is 5.02. The van der Waals surface area contributed by atoms with E-state index in [0.29, 0.717) is 29.5 Å². The molecule has 1 fully saturated rings. The van der Waals surface area contributed by atoms with E-state index in [0.717, 1.165) is 6.07 Å². The molecule has 1 atom stereocenters. The number of carbonyl (C=O) groups excluding carboxylic acids is 1. The van der Waals surface area contributed by atoms with Crippen molar-refractivity contribution in [2.75, 3.05) is 13.1 Å². The molecule has 1 aliphatic heterocycles. The fourth-order valence-electron chi connectivity index (χ4n) is 3.42. The molecule has 0 aromatic heterocycles. The summed E-state index contributed by atoms with van der Waals surface area (Å²) in [5.41, 5.74) is -1.34. The summed E-state index contributed by atoms with van der Waals surface area (Å²) in [5.74, 6) is -2.21. The fourth-order valence-corrected chi connectivity index (χ4v) is 5.43. The second-order valence-corrected chi connectivity index (χ2v) is 9.54. The van der Waals surface area contributed by atoms with Crippen LogP contribution < -0.4 is 5.32 Å². The normalized spacial score (nSPS) is 18.1. The van der Waals surface area contributed by atoms with Gasteiger partial charge in [-0.05, 0) is 55.7 Å². The lowest BCUT2D eigenvalue weighted by atomic mass is 10.1. The fraction of sp³-hybridized carbons (Fsp3) is 0.350. The summed E-state index contributed by atoms with van der Waals surface area (Å²) in [4.78, 5) is 12.5. The maximum Gasteiger partial charge on any atom is 0.416 e. The maximum atomic E-state index is 14.1. The molecule has 1 saturated heterocycles. The van der Waals surface area contributed by atoms with Crippen LogP contribution in [0.15, 0.2) is 41.3 Å². The number of carbonyl (C=O) groups is 1. The molecule has 0 radical (unpaired) electrons. The minimum absolute atomic E-state index is 0.0533. The van der Waals surface area contributed by atoms with E-state index < -0.39 is 45.1 Å². The minimum atomic E-state index is -4.73. The SMILES string of the molecule is Cc1c(Cl)cccc1S(=O)(=O)N1CCC[C@H](NC(=O)c2ccc(C(F)(F)F)cc2F)C1. The van der Waals surface area contributed by atoms with Crippen molar-refractivity contribution in [2.45, 2.75) is 36.9 Å². The first kappa shape index (κ1) is 23.5. The van der Waals surface area contributed by atoms with Crippen molar-refractivity contribution in [3.8, 4) is 0 Å². The predicted molar refractivity (Wildman–Crippen MR) is 107 cm³/mol. The zero-order valence-corrected chi connectivity index (χ0v) is 17.9. The number of sulfonamides is 1. The van der Waals surface area contributed by atoms with Gasteiger partial charge in [-0.15, -0.1) is 0 Å². The molecule has 0 aliphatic carbocycles. The quantitative estimate of drug-likeness (QED) is 0.663. The third-order valence-corrected chi connectivity index (χ3v) is 7.52. The molecular weight excluding hydrogens is 460 g/mol. The molecule has 2 aromatic rings.